The molecule has 0 aliphatic carbocycles. The molecule has 2 N–H and O–H groups in total. The first kappa shape index (κ1) is 14.7. The summed E-state index contributed by atoms with van der Waals surface area (Å²) in [5, 5.41) is 15.2. The van der Waals surface area contributed by atoms with Gasteiger partial charge in [0.2, 0.25) is 0 Å². The minimum Gasteiger partial charge on any atom is -0.340 e. The maximum atomic E-state index is 8.76. The molecule has 0 unspecified atom stereocenters. The lowest BCUT2D eigenvalue weighted by atomic mass is 10.1. The normalized spacial score (nSPS) is 12.4. The zero-order valence-electron chi connectivity index (χ0n) is 13.0. The summed E-state index contributed by atoms with van der Waals surface area (Å²) in [6, 6.07) is 7.64. The standard InChI is InChI=1S/C17H12N8/c18-6-13-9-22-16(10-20-13)25-15-5-14-12(7-21-15)8-23-17(24-14)11-1-3-19-4-2-11/h1-5,7,9-10H,8H2,(H,23,24)(H,21,22,25). The Morgan fingerprint density at radius 3 is 2.64 bits per heavy atom. The zero-order valence-corrected chi connectivity index (χ0v) is 13.0. The van der Waals surface area contributed by atoms with Crippen molar-refractivity contribution in [3.8, 4) is 6.07 Å². The number of anilines is 3. The van der Waals surface area contributed by atoms with Gasteiger partial charge in [0.25, 0.3) is 0 Å². The largest absolute Gasteiger partial charge is 0.340 e. The average Bonchev–Trinajstić information content (AvgIpc) is 2.69. The molecule has 3 aromatic rings. The second-order valence-corrected chi connectivity index (χ2v) is 5.28. The fourth-order valence-corrected chi connectivity index (χ4v) is 2.38. The molecule has 0 aromatic carbocycles. The Morgan fingerprint density at radius 2 is 1.88 bits per heavy atom. The monoisotopic (exact) mass is 328 g/mol. The number of hydrogen-bond donors (Lipinski definition) is 2. The van der Waals surface area contributed by atoms with E-state index in [1.807, 2.05) is 24.3 Å². The lowest BCUT2D eigenvalue weighted by Gasteiger charge is -2.19. The van der Waals surface area contributed by atoms with Gasteiger partial charge in [-0.2, -0.15) is 5.26 Å². The van der Waals surface area contributed by atoms with Crippen molar-refractivity contribution in [2.45, 2.75) is 6.54 Å². The molecule has 3 aromatic heterocycles. The van der Waals surface area contributed by atoms with E-state index in [2.05, 4.69) is 35.6 Å². The molecule has 0 saturated heterocycles. The van der Waals surface area contributed by atoms with Crippen LogP contribution < -0.4 is 10.6 Å². The Labute approximate surface area is 143 Å². The molecule has 0 spiro atoms. The van der Waals surface area contributed by atoms with Crippen LogP contribution in [-0.4, -0.2) is 25.8 Å². The minimum atomic E-state index is 0.267. The molecule has 0 amide bonds. The Morgan fingerprint density at radius 1 is 1.04 bits per heavy atom. The van der Waals surface area contributed by atoms with Crippen molar-refractivity contribution in [2.24, 2.45) is 4.99 Å². The fourth-order valence-electron chi connectivity index (χ4n) is 2.38. The van der Waals surface area contributed by atoms with Crippen LogP contribution in [0.3, 0.4) is 0 Å². The van der Waals surface area contributed by atoms with E-state index in [9.17, 15) is 0 Å². The first-order valence-electron chi connectivity index (χ1n) is 7.52. The maximum absolute atomic E-state index is 8.76. The van der Waals surface area contributed by atoms with E-state index in [-0.39, 0.29) is 5.69 Å². The lowest BCUT2D eigenvalue weighted by molar-refractivity contribution is 1.03. The topological polar surface area (TPSA) is 112 Å². The Hall–Kier alpha value is -3.86. The van der Waals surface area contributed by atoms with Gasteiger partial charge in [-0.05, 0) is 12.1 Å². The molecule has 4 heterocycles. The number of nitriles is 1. The third-order valence-electron chi connectivity index (χ3n) is 3.62. The van der Waals surface area contributed by atoms with Crippen LogP contribution in [0, 0.1) is 11.3 Å². The molecule has 8 heteroatoms. The van der Waals surface area contributed by atoms with Gasteiger partial charge < -0.3 is 10.6 Å². The molecule has 0 saturated carbocycles. The van der Waals surface area contributed by atoms with Crippen LogP contribution in [0.25, 0.3) is 0 Å². The number of nitrogens with one attached hydrogen (secondary N) is 2. The molecule has 4 rings (SSSR count). The van der Waals surface area contributed by atoms with E-state index in [1.165, 1.54) is 12.4 Å². The molecule has 1 aliphatic rings. The molecule has 0 fully saturated rings. The van der Waals surface area contributed by atoms with Crippen molar-refractivity contribution in [1.82, 2.24) is 19.9 Å². The van der Waals surface area contributed by atoms with Gasteiger partial charge in [-0.25, -0.2) is 15.0 Å². The molecule has 0 bridgehead atoms. The van der Waals surface area contributed by atoms with Crippen molar-refractivity contribution in [1.29, 1.82) is 5.26 Å². The summed E-state index contributed by atoms with van der Waals surface area (Å²) in [7, 11) is 0. The van der Waals surface area contributed by atoms with E-state index >= 15 is 0 Å². The summed E-state index contributed by atoms with van der Waals surface area (Å²) < 4.78 is 0. The van der Waals surface area contributed by atoms with Gasteiger partial charge >= 0.3 is 0 Å². The molecular formula is C17H12N8. The van der Waals surface area contributed by atoms with Crippen molar-refractivity contribution >= 4 is 23.2 Å². The third-order valence-corrected chi connectivity index (χ3v) is 3.62. The summed E-state index contributed by atoms with van der Waals surface area (Å²) in [6.45, 7) is 0.559. The predicted molar refractivity (Wildman–Crippen MR) is 92.4 cm³/mol. The van der Waals surface area contributed by atoms with Gasteiger partial charge in [-0.1, -0.05) is 0 Å². The first-order valence-corrected chi connectivity index (χ1v) is 7.52. The summed E-state index contributed by atoms with van der Waals surface area (Å²) in [6.07, 6.45) is 8.15. The highest BCUT2D eigenvalue weighted by Crippen LogP contribution is 2.25. The maximum Gasteiger partial charge on any atom is 0.158 e. The minimum absolute atomic E-state index is 0.267. The van der Waals surface area contributed by atoms with Crippen LogP contribution in [0.15, 0.2) is 54.2 Å². The van der Waals surface area contributed by atoms with Gasteiger partial charge in [0, 0.05) is 41.5 Å². The highest BCUT2D eigenvalue weighted by molar-refractivity contribution is 6.09. The second-order valence-electron chi connectivity index (χ2n) is 5.28. The molecule has 0 radical (unpaired) electrons. The number of nitrogens with zero attached hydrogens (tertiary/aromatic N) is 6. The van der Waals surface area contributed by atoms with Crippen LogP contribution in [0.2, 0.25) is 0 Å². The molecular weight excluding hydrogens is 316 g/mol. The Bertz CT molecular complexity index is 974. The molecule has 1 aliphatic heterocycles. The van der Waals surface area contributed by atoms with E-state index in [0.717, 1.165) is 22.6 Å². The second kappa shape index (κ2) is 6.33. The van der Waals surface area contributed by atoms with Crippen molar-refractivity contribution in [2.75, 3.05) is 10.6 Å². The number of amidine groups is 1. The highest BCUT2D eigenvalue weighted by Gasteiger charge is 2.14. The number of fused-ring (bicyclic) bond motifs is 1. The van der Waals surface area contributed by atoms with Gasteiger partial charge in [-0.3, -0.25) is 9.98 Å². The van der Waals surface area contributed by atoms with Crippen LogP contribution in [0.4, 0.5) is 17.3 Å². The zero-order chi connectivity index (χ0) is 17.1. The van der Waals surface area contributed by atoms with E-state index in [0.29, 0.717) is 18.2 Å². The van der Waals surface area contributed by atoms with Crippen molar-refractivity contribution in [3.63, 3.8) is 0 Å². The molecule has 25 heavy (non-hydrogen) atoms. The molecule has 8 nitrogen and oxygen atoms in total. The smallest absolute Gasteiger partial charge is 0.158 e. The van der Waals surface area contributed by atoms with E-state index < -0.39 is 0 Å². The van der Waals surface area contributed by atoms with Crippen molar-refractivity contribution in [3.05, 3.63) is 66.0 Å². The quantitative estimate of drug-likeness (QED) is 0.758. The number of hydrogen-bond acceptors (Lipinski definition) is 8. The van der Waals surface area contributed by atoms with Gasteiger partial charge in [-0.15, -0.1) is 0 Å². The average molecular weight is 328 g/mol. The number of pyridine rings is 2. The highest BCUT2D eigenvalue weighted by atomic mass is 15.1. The molecule has 0 atom stereocenters. The lowest BCUT2D eigenvalue weighted by Crippen LogP contribution is -2.19. The number of aromatic nitrogens is 4. The van der Waals surface area contributed by atoms with Crippen LogP contribution in [0.5, 0.6) is 0 Å². The van der Waals surface area contributed by atoms with Crippen LogP contribution in [-0.2, 0) is 6.54 Å². The third kappa shape index (κ3) is 3.11. The summed E-state index contributed by atoms with van der Waals surface area (Å²) in [5.41, 5.74) is 3.18. The van der Waals surface area contributed by atoms with Gasteiger partial charge in [0.15, 0.2) is 5.69 Å². The summed E-state index contributed by atoms with van der Waals surface area (Å²) in [5.74, 6) is 1.94. The summed E-state index contributed by atoms with van der Waals surface area (Å²) >= 11 is 0. The van der Waals surface area contributed by atoms with E-state index in [1.54, 1.807) is 18.6 Å². The van der Waals surface area contributed by atoms with E-state index in [4.69, 9.17) is 5.26 Å². The summed E-state index contributed by atoms with van der Waals surface area (Å²) in [4.78, 5) is 21.0. The molecule has 120 valence electrons. The fraction of sp³-hybridized carbons (Fsp3) is 0.0588. The predicted octanol–water partition coefficient (Wildman–Crippen LogP) is 2.25. The Kier molecular flexibility index (Phi) is 3.73. The Balaban J connectivity index is 1.56. The van der Waals surface area contributed by atoms with Gasteiger partial charge in [0.1, 0.15) is 23.5 Å². The van der Waals surface area contributed by atoms with Gasteiger partial charge in [0.05, 0.1) is 18.9 Å². The van der Waals surface area contributed by atoms with Crippen LogP contribution >= 0.6 is 0 Å². The number of aliphatic imine (C=N–C) groups is 1. The number of rotatable bonds is 3. The van der Waals surface area contributed by atoms with Crippen molar-refractivity contribution < 1.29 is 0 Å². The van der Waals surface area contributed by atoms with Crippen LogP contribution in [0.1, 0.15) is 16.8 Å². The first-order chi connectivity index (χ1) is 12.3. The SMILES string of the molecule is N#Cc1cnc(Nc2cc3c(cn2)CN=C(c2ccncc2)N3)cn1.